The Hall–Kier alpha value is -2.95. The van der Waals surface area contributed by atoms with Gasteiger partial charge < -0.3 is 10.6 Å². The highest BCUT2D eigenvalue weighted by atomic mass is 16.2. The number of carbonyl (C=O) groups is 3. The van der Waals surface area contributed by atoms with Crippen LogP contribution in [0.5, 0.6) is 0 Å². The number of ketones is 1. The molecular weight excluding hydrogens is 304 g/mol. The van der Waals surface area contributed by atoms with Gasteiger partial charge in [0.25, 0.3) is 5.91 Å². The summed E-state index contributed by atoms with van der Waals surface area (Å²) < 4.78 is 0. The van der Waals surface area contributed by atoms with Crippen LogP contribution < -0.4 is 10.6 Å². The Morgan fingerprint density at radius 2 is 1.62 bits per heavy atom. The molecule has 124 valence electrons. The van der Waals surface area contributed by atoms with Crippen molar-refractivity contribution in [2.24, 2.45) is 0 Å². The van der Waals surface area contributed by atoms with Gasteiger partial charge in [0.05, 0.1) is 0 Å². The maximum Gasteiger partial charge on any atom is 0.251 e. The third kappa shape index (κ3) is 5.35. The van der Waals surface area contributed by atoms with Gasteiger partial charge in [-0.15, -0.1) is 0 Å². The van der Waals surface area contributed by atoms with E-state index in [1.807, 2.05) is 6.07 Å². The first-order chi connectivity index (χ1) is 11.6. The predicted molar refractivity (Wildman–Crippen MR) is 93.1 cm³/mol. The summed E-state index contributed by atoms with van der Waals surface area (Å²) in [5, 5.41) is 5.53. The molecule has 0 aliphatic carbocycles. The van der Waals surface area contributed by atoms with Gasteiger partial charge in [-0.1, -0.05) is 30.3 Å². The van der Waals surface area contributed by atoms with Crippen LogP contribution in [0.15, 0.2) is 54.6 Å². The lowest BCUT2D eigenvalue weighted by atomic mass is 10.1. The monoisotopic (exact) mass is 324 g/mol. The molecule has 0 heterocycles. The van der Waals surface area contributed by atoms with Crippen molar-refractivity contribution in [3.63, 3.8) is 0 Å². The quantitative estimate of drug-likeness (QED) is 0.607. The lowest BCUT2D eigenvalue weighted by Crippen LogP contribution is -2.25. The molecule has 0 unspecified atom stereocenters. The minimum Gasteiger partial charge on any atom is -0.352 e. The number of rotatable bonds is 7. The SMILES string of the molecule is CC(=O)c1cccc(NC(=O)CCCNC(=O)c2ccccc2)c1. The average molecular weight is 324 g/mol. The van der Waals surface area contributed by atoms with E-state index < -0.39 is 0 Å². The van der Waals surface area contributed by atoms with Crippen molar-refractivity contribution in [2.75, 3.05) is 11.9 Å². The van der Waals surface area contributed by atoms with Crippen molar-refractivity contribution in [3.8, 4) is 0 Å². The molecule has 0 spiro atoms. The number of hydrogen-bond donors (Lipinski definition) is 2. The van der Waals surface area contributed by atoms with Crippen molar-refractivity contribution >= 4 is 23.3 Å². The lowest BCUT2D eigenvalue weighted by molar-refractivity contribution is -0.116. The first kappa shape index (κ1) is 17.4. The third-order valence-electron chi connectivity index (χ3n) is 3.46. The van der Waals surface area contributed by atoms with E-state index in [0.29, 0.717) is 36.2 Å². The van der Waals surface area contributed by atoms with Gasteiger partial charge >= 0.3 is 0 Å². The minimum atomic E-state index is -0.148. The van der Waals surface area contributed by atoms with Gasteiger partial charge in [0.1, 0.15) is 0 Å². The standard InChI is InChI=1S/C19H20N2O3/c1-14(22)16-9-5-10-17(13-16)21-18(23)11-6-12-20-19(24)15-7-3-2-4-8-15/h2-5,7-10,13H,6,11-12H2,1H3,(H,20,24)(H,21,23). The highest BCUT2D eigenvalue weighted by Gasteiger charge is 2.06. The smallest absolute Gasteiger partial charge is 0.251 e. The highest BCUT2D eigenvalue weighted by molar-refractivity contribution is 5.97. The molecule has 0 bridgehead atoms. The number of carbonyl (C=O) groups excluding carboxylic acids is 3. The van der Waals surface area contributed by atoms with E-state index in [0.717, 1.165) is 0 Å². The fourth-order valence-corrected chi connectivity index (χ4v) is 2.18. The molecule has 0 atom stereocenters. The number of nitrogens with one attached hydrogen (secondary N) is 2. The van der Waals surface area contributed by atoms with E-state index in [1.54, 1.807) is 48.5 Å². The van der Waals surface area contributed by atoms with Crippen molar-refractivity contribution in [1.29, 1.82) is 0 Å². The molecule has 2 amide bonds. The maximum atomic E-state index is 11.9. The molecule has 2 N–H and O–H groups in total. The zero-order chi connectivity index (χ0) is 17.4. The molecule has 5 heteroatoms. The van der Waals surface area contributed by atoms with Gasteiger partial charge in [0, 0.05) is 29.8 Å². The second kappa shape index (κ2) is 8.62. The molecule has 5 nitrogen and oxygen atoms in total. The Kier molecular flexibility index (Phi) is 6.25. The topological polar surface area (TPSA) is 75.3 Å². The highest BCUT2D eigenvalue weighted by Crippen LogP contribution is 2.11. The molecule has 0 aromatic heterocycles. The van der Waals surface area contributed by atoms with Crippen LogP contribution >= 0.6 is 0 Å². The zero-order valence-corrected chi connectivity index (χ0v) is 13.5. The van der Waals surface area contributed by atoms with Crippen LogP contribution in [0.3, 0.4) is 0 Å². The summed E-state index contributed by atoms with van der Waals surface area (Å²) >= 11 is 0. The Balaban J connectivity index is 1.73. The van der Waals surface area contributed by atoms with Gasteiger partial charge in [-0.3, -0.25) is 14.4 Å². The van der Waals surface area contributed by atoms with Crippen LogP contribution in [0.2, 0.25) is 0 Å². The fraction of sp³-hybridized carbons (Fsp3) is 0.211. The normalized spacial score (nSPS) is 10.0. The molecule has 0 aliphatic rings. The Morgan fingerprint density at radius 1 is 0.917 bits per heavy atom. The molecule has 0 saturated heterocycles. The van der Waals surface area contributed by atoms with Gasteiger partial charge in [0.15, 0.2) is 5.78 Å². The summed E-state index contributed by atoms with van der Waals surface area (Å²) in [6, 6.07) is 15.8. The second-order valence-electron chi connectivity index (χ2n) is 5.41. The number of amides is 2. The summed E-state index contributed by atoms with van der Waals surface area (Å²) in [7, 11) is 0. The Bertz CT molecular complexity index is 726. The predicted octanol–water partition coefficient (Wildman–Crippen LogP) is 3.04. The summed E-state index contributed by atoms with van der Waals surface area (Å²) in [6.45, 7) is 1.91. The van der Waals surface area contributed by atoms with Gasteiger partial charge in [-0.05, 0) is 37.6 Å². The molecule has 0 radical (unpaired) electrons. The van der Waals surface area contributed by atoms with Crippen LogP contribution in [-0.2, 0) is 4.79 Å². The molecular formula is C19H20N2O3. The zero-order valence-electron chi connectivity index (χ0n) is 13.5. The van der Waals surface area contributed by atoms with E-state index in [1.165, 1.54) is 6.92 Å². The van der Waals surface area contributed by atoms with Crippen LogP contribution in [0, 0.1) is 0 Å². The van der Waals surface area contributed by atoms with Gasteiger partial charge in [0.2, 0.25) is 5.91 Å². The lowest BCUT2D eigenvalue weighted by Gasteiger charge is -2.07. The van der Waals surface area contributed by atoms with Crippen molar-refractivity contribution in [3.05, 3.63) is 65.7 Å². The summed E-state index contributed by atoms with van der Waals surface area (Å²) in [5.74, 6) is -0.343. The molecule has 2 aromatic carbocycles. The number of Topliss-reactive ketones (excluding diaryl/α,β-unsaturated/α-hetero) is 1. The van der Waals surface area contributed by atoms with Crippen LogP contribution in [0.1, 0.15) is 40.5 Å². The van der Waals surface area contributed by atoms with E-state index in [9.17, 15) is 14.4 Å². The third-order valence-corrected chi connectivity index (χ3v) is 3.46. The molecule has 2 aromatic rings. The molecule has 0 aliphatic heterocycles. The largest absolute Gasteiger partial charge is 0.352 e. The van der Waals surface area contributed by atoms with Gasteiger partial charge in [-0.2, -0.15) is 0 Å². The summed E-state index contributed by atoms with van der Waals surface area (Å²) in [6.07, 6.45) is 0.830. The Labute approximate surface area is 141 Å². The second-order valence-corrected chi connectivity index (χ2v) is 5.41. The van der Waals surface area contributed by atoms with Crippen LogP contribution in [0.25, 0.3) is 0 Å². The van der Waals surface area contributed by atoms with E-state index in [2.05, 4.69) is 10.6 Å². The van der Waals surface area contributed by atoms with E-state index >= 15 is 0 Å². The average Bonchev–Trinajstić information content (AvgIpc) is 2.59. The molecule has 24 heavy (non-hydrogen) atoms. The van der Waals surface area contributed by atoms with Crippen molar-refractivity contribution in [2.45, 2.75) is 19.8 Å². The molecule has 0 saturated carbocycles. The number of anilines is 1. The molecule has 0 fully saturated rings. The van der Waals surface area contributed by atoms with Crippen LogP contribution in [0.4, 0.5) is 5.69 Å². The summed E-state index contributed by atoms with van der Waals surface area (Å²) in [5.41, 5.74) is 1.76. The first-order valence-corrected chi connectivity index (χ1v) is 7.80. The number of hydrogen-bond acceptors (Lipinski definition) is 3. The van der Waals surface area contributed by atoms with Gasteiger partial charge in [-0.25, -0.2) is 0 Å². The number of benzene rings is 2. The fourth-order valence-electron chi connectivity index (χ4n) is 2.18. The molecule has 2 rings (SSSR count). The van der Waals surface area contributed by atoms with Crippen molar-refractivity contribution in [1.82, 2.24) is 5.32 Å². The minimum absolute atomic E-state index is 0.0466. The van der Waals surface area contributed by atoms with E-state index in [4.69, 9.17) is 0 Å². The summed E-state index contributed by atoms with van der Waals surface area (Å²) in [4.78, 5) is 35.1. The van der Waals surface area contributed by atoms with Crippen molar-refractivity contribution < 1.29 is 14.4 Å². The van der Waals surface area contributed by atoms with Crippen LogP contribution in [-0.4, -0.2) is 24.1 Å². The maximum absolute atomic E-state index is 11.9. The Morgan fingerprint density at radius 3 is 2.33 bits per heavy atom. The first-order valence-electron chi connectivity index (χ1n) is 7.80. The van der Waals surface area contributed by atoms with E-state index in [-0.39, 0.29) is 17.6 Å².